The van der Waals surface area contributed by atoms with Crippen LogP contribution in [0.15, 0.2) is 23.8 Å². The van der Waals surface area contributed by atoms with Crippen molar-refractivity contribution in [2.75, 3.05) is 13.1 Å². The third kappa shape index (κ3) is 3.18. The van der Waals surface area contributed by atoms with E-state index >= 15 is 0 Å². The van der Waals surface area contributed by atoms with Crippen LogP contribution in [0, 0.1) is 6.92 Å². The minimum absolute atomic E-state index is 0.0346. The van der Waals surface area contributed by atoms with E-state index in [1.165, 1.54) is 11.3 Å². The summed E-state index contributed by atoms with van der Waals surface area (Å²) in [6, 6.07) is 3.57. The van der Waals surface area contributed by atoms with Gasteiger partial charge in [0.1, 0.15) is 11.0 Å². The predicted molar refractivity (Wildman–Crippen MR) is 78.4 cm³/mol. The van der Waals surface area contributed by atoms with E-state index in [0.29, 0.717) is 12.4 Å². The van der Waals surface area contributed by atoms with Gasteiger partial charge >= 0.3 is 0 Å². The Morgan fingerprint density at radius 2 is 2.43 bits per heavy atom. The van der Waals surface area contributed by atoms with Gasteiger partial charge in [-0.2, -0.15) is 5.10 Å². The first-order chi connectivity index (χ1) is 10.2. The van der Waals surface area contributed by atoms with Crippen LogP contribution < -0.4 is 4.74 Å². The summed E-state index contributed by atoms with van der Waals surface area (Å²) in [6.07, 6.45) is 3.42. The molecule has 3 heterocycles. The Balaban J connectivity index is 1.66. The molecule has 2 aromatic rings. The molecule has 1 aliphatic heterocycles. The lowest BCUT2D eigenvalue weighted by Crippen LogP contribution is -2.44. The van der Waals surface area contributed by atoms with Crippen molar-refractivity contribution >= 4 is 17.2 Å². The second-order valence-corrected chi connectivity index (χ2v) is 5.82. The quantitative estimate of drug-likeness (QED) is 0.866. The number of carbonyl (C=O) groups is 1. The monoisotopic (exact) mass is 304 g/mol. The molecule has 0 aliphatic carbocycles. The number of likely N-dealkylation sites (tertiary alicyclic amines) is 1. The fraction of sp³-hybridized carbons (Fsp3) is 0.429. The first-order valence-electron chi connectivity index (χ1n) is 6.88. The molecule has 0 N–H and O–H groups in total. The van der Waals surface area contributed by atoms with Gasteiger partial charge in [0.05, 0.1) is 17.7 Å². The Bertz CT molecular complexity index is 616. The van der Waals surface area contributed by atoms with Gasteiger partial charge in [-0.15, -0.1) is 16.4 Å². The minimum atomic E-state index is -0.0346. The summed E-state index contributed by atoms with van der Waals surface area (Å²) in [6.45, 7) is 3.20. The van der Waals surface area contributed by atoms with Crippen molar-refractivity contribution in [2.24, 2.45) is 0 Å². The lowest BCUT2D eigenvalue weighted by atomic mass is 10.1. The average Bonchev–Trinajstić information content (AvgIpc) is 2.94. The third-order valence-electron chi connectivity index (χ3n) is 3.44. The molecule has 1 saturated heterocycles. The van der Waals surface area contributed by atoms with Crippen molar-refractivity contribution < 1.29 is 9.53 Å². The molecule has 1 unspecified atom stereocenters. The SMILES string of the molecule is Cc1ncsc1C(=O)N1CCCC(Oc2cccnn2)C1. The molecule has 1 aliphatic rings. The Labute approximate surface area is 126 Å². The zero-order chi connectivity index (χ0) is 14.7. The van der Waals surface area contributed by atoms with E-state index in [-0.39, 0.29) is 12.0 Å². The van der Waals surface area contributed by atoms with Crippen molar-refractivity contribution in [3.63, 3.8) is 0 Å². The highest BCUT2D eigenvalue weighted by atomic mass is 32.1. The van der Waals surface area contributed by atoms with E-state index in [9.17, 15) is 4.79 Å². The summed E-state index contributed by atoms with van der Waals surface area (Å²) in [7, 11) is 0. The van der Waals surface area contributed by atoms with Crippen molar-refractivity contribution in [3.05, 3.63) is 34.4 Å². The number of aryl methyl sites for hydroxylation is 1. The zero-order valence-electron chi connectivity index (χ0n) is 11.7. The second-order valence-electron chi connectivity index (χ2n) is 4.96. The molecule has 0 bridgehead atoms. The molecule has 1 amide bonds. The fourth-order valence-corrected chi connectivity index (χ4v) is 3.16. The summed E-state index contributed by atoms with van der Waals surface area (Å²) in [5, 5.41) is 7.72. The second kappa shape index (κ2) is 6.17. The number of aromatic nitrogens is 3. The van der Waals surface area contributed by atoms with Crippen LogP contribution in [-0.4, -0.2) is 45.2 Å². The van der Waals surface area contributed by atoms with Crippen molar-refractivity contribution in [3.8, 4) is 5.88 Å². The van der Waals surface area contributed by atoms with E-state index < -0.39 is 0 Å². The molecule has 0 radical (unpaired) electrons. The van der Waals surface area contributed by atoms with Crippen molar-refractivity contribution in [1.82, 2.24) is 20.1 Å². The molecule has 1 fully saturated rings. The maximum Gasteiger partial charge on any atom is 0.265 e. The normalized spacial score (nSPS) is 18.5. The molecule has 2 aromatic heterocycles. The van der Waals surface area contributed by atoms with Crippen LogP contribution in [0.3, 0.4) is 0 Å². The van der Waals surface area contributed by atoms with E-state index in [1.54, 1.807) is 23.8 Å². The summed E-state index contributed by atoms with van der Waals surface area (Å²) in [5.74, 6) is 0.549. The van der Waals surface area contributed by atoms with Crippen LogP contribution in [0.4, 0.5) is 0 Å². The van der Waals surface area contributed by atoms with Gasteiger partial charge in [-0.1, -0.05) is 0 Å². The average molecular weight is 304 g/mol. The Morgan fingerprint density at radius 1 is 1.52 bits per heavy atom. The zero-order valence-corrected chi connectivity index (χ0v) is 12.5. The van der Waals surface area contributed by atoms with Gasteiger partial charge in [0.25, 0.3) is 5.91 Å². The van der Waals surface area contributed by atoms with E-state index in [0.717, 1.165) is 30.0 Å². The summed E-state index contributed by atoms with van der Waals surface area (Å²) < 4.78 is 5.80. The number of carbonyl (C=O) groups excluding carboxylic acids is 1. The third-order valence-corrected chi connectivity index (χ3v) is 4.36. The minimum Gasteiger partial charge on any atom is -0.471 e. The molecular weight excluding hydrogens is 288 g/mol. The van der Waals surface area contributed by atoms with Gasteiger partial charge in [0.15, 0.2) is 0 Å². The van der Waals surface area contributed by atoms with Crippen LogP contribution in [0.25, 0.3) is 0 Å². The van der Waals surface area contributed by atoms with Gasteiger partial charge in [-0.05, 0) is 25.8 Å². The molecule has 21 heavy (non-hydrogen) atoms. The molecule has 7 heteroatoms. The van der Waals surface area contributed by atoms with Crippen molar-refractivity contribution in [2.45, 2.75) is 25.9 Å². The molecule has 0 spiro atoms. The number of amides is 1. The van der Waals surface area contributed by atoms with Crippen LogP contribution in [0.2, 0.25) is 0 Å². The smallest absolute Gasteiger partial charge is 0.265 e. The Kier molecular flexibility index (Phi) is 4.10. The molecule has 1 atom stereocenters. The van der Waals surface area contributed by atoms with Crippen molar-refractivity contribution in [1.29, 1.82) is 0 Å². The number of hydrogen-bond donors (Lipinski definition) is 0. The van der Waals surface area contributed by atoms with E-state index in [1.807, 2.05) is 11.8 Å². The highest BCUT2D eigenvalue weighted by Crippen LogP contribution is 2.20. The van der Waals surface area contributed by atoms with Crippen LogP contribution in [0.1, 0.15) is 28.2 Å². The predicted octanol–water partition coefficient (Wildman–Crippen LogP) is 1.93. The molecular formula is C14H16N4O2S. The number of hydrogen-bond acceptors (Lipinski definition) is 6. The molecule has 110 valence electrons. The number of nitrogens with zero attached hydrogens (tertiary/aromatic N) is 4. The first-order valence-corrected chi connectivity index (χ1v) is 7.75. The molecule has 0 saturated carbocycles. The van der Waals surface area contributed by atoms with Gasteiger partial charge < -0.3 is 9.64 Å². The van der Waals surface area contributed by atoms with Crippen LogP contribution in [-0.2, 0) is 0 Å². The molecule has 3 rings (SSSR count). The number of thiazole rings is 1. The van der Waals surface area contributed by atoms with Gasteiger partial charge in [0, 0.05) is 18.8 Å². The van der Waals surface area contributed by atoms with Gasteiger partial charge in [0.2, 0.25) is 5.88 Å². The van der Waals surface area contributed by atoms with Gasteiger partial charge in [-0.25, -0.2) is 4.98 Å². The lowest BCUT2D eigenvalue weighted by molar-refractivity contribution is 0.0529. The highest BCUT2D eigenvalue weighted by molar-refractivity contribution is 7.11. The summed E-state index contributed by atoms with van der Waals surface area (Å²) in [5.41, 5.74) is 2.50. The van der Waals surface area contributed by atoms with Gasteiger partial charge in [-0.3, -0.25) is 4.79 Å². The number of rotatable bonds is 3. The number of piperidine rings is 1. The van der Waals surface area contributed by atoms with E-state index in [2.05, 4.69) is 15.2 Å². The first kappa shape index (κ1) is 13.9. The topological polar surface area (TPSA) is 68.2 Å². The summed E-state index contributed by atoms with van der Waals surface area (Å²) >= 11 is 1.39. The number of ether oxygens (including phenoxy) is 1. The highest BCUT2D eigenvalue weighted by Gasteiger charge is 2.27. The Morgan fingerprint density at radius 3 is 3.14 bits per heavy atom. The standard InChI is InChI=1S/C14H16N4O2S/c1-10-13(21-9-15-10)14(19)18-7-3-4-11(8-18)20-12-5-2-6-16-17-12/h2,5-6,9,11H,3-4,7-8H2,1H3. The molecule has 0 aromatic carbocycles. The largest absolute Gasteiger partial charge is 0.471 e. The lowest BCUT2D eigenvalue weighted by Gasteiger charge is -2.32. The fourth-order valence-electron chi connectivity index (χ4n) is 2.39. The summed E-state index contributed by atoms with van der Waals surface area (Å²) in [4.78, 5) is 19.2. The molecule has 6 nitrogen and oxygen atoms in total. The van der Waals surface area contributed by atoms with Crippen LogP contribution in [0.5, 0.6) is 5.88 Å². The van der Waals surface area contributed by atoms with Crippen LogP contribution >= 0.6 is 11.3 Å². The maximum atomic E-state index is 12.5. The van der Waals surface area contributed by atoms with E-state index in [4.69, 9.17) is 4.74 Å². The Hall–Kier alpha value is -2.02. The maximum absolute atomic E-state index is 12.5.